The van der Waals surface area contributed by atoms with E-state index < -0.39 is 0 Å². The van der Waals surface area contributed by atoms with Crippen LogP contribution in [0.1, 0.15) is 26.7 Å². The zero-order valence-corrected chi connectivity index (χ0v) is 14.7. The maximum Gasteiger partial charge on any atom is 0.265 e. The zero-order chi connectivity index (χ0) is 17.7. The zero-order valence-electron chi connectivity index (χ0n) is 14.7. The molecule has 0 saturated carbocycles. The van der Waals surface area contributed by atoms with Gasteiger partial charge in [0.2, 0.25) is 5.91 Å². The minimum Gasteiger partial charge on any atom is -0.482 e. The van der Waals surface area contributed by atoms with Crippen LogP contribution in [-0.4, -0.2) is 49.5 Å². The molecular weight excluding hydrogens is 306 g/mol. The Kier molecular flexibility index (Phi) is 6.20. The van der Waals surface area contributed by atoms with Gasteiger partial charge in [-0.1, -0.05) is 26.0 Å². The number of carbonyl (C=O) groups excluding carboxylic acids is 2. The van der Waals surface area contributed by atoms with Crippen molar-refractivity contribution in [3.63, 3.8) is 0 Å². The summed E-state index contributed by atoms with van der Waals surface area (Å²) in [5, 5.41) is 0. The molecule has 2 rings (SSSR count). The van der Waals surface area contributed by atoms with E-state index >= 15 is 0 Å². The number of para-hydroxylation sites is 2. The van der Waals surface area contributed by atoms with Gasteiger partial charge in [0.1, 0.15) is 5.75 Å². The first-order chi connectivity index (χ1) is 11.4. The summed E-state index contributed by atoms with van der Waals surface area (Å²) in [4.78, 5) is 27.7. The van der Waals surface area contributed by atoms with Crippen molar-refractivity contribution in [2.24, 2.45) is 11.7 Å². The number of amides is 2. The molecule has 0 bridgehead atoms. The van der Waals surface area contributed by atoms with Crippen LogP contribution in [0, 0.1) is 5.92 Å². The minimum absolute atomic E-state index is 0.0164. The molecule has 1 aromatic rings. The maximum absolute atomic E-state index is 12.3. The molecule has 132 valence electrons. The van der Waals surface area contributed by atoms with Gasteiger partial charge in [-0.05, 0) is 24.5 Å². The van der Waals surface area contributed by atoms with E-state index in [0.29, 0.717) is 24.8 Å². The molecule has 6 heteroatoms. The van der Waals surface area contributed by atoms with E-state index in [9.17, 15) is 9.59 Å². The molecule has 1 unspecified atom stereocenters. The van der Waals surface area contributed by atoms with Crippen molar-refractivity contribution in [2.75, 3.05) is 31.6 Å². The van der Waals surface area contributed by atoms with Crippen molar-refractivity contribution in [2.45, 2.75) is 32.7 Å². The van der Waals surface area contributed by atoms with Gasteiger partial charge in [-0.2, -0.15) is 0 Å². The standard InChI is InChI=1S/C18H27N3O3/c1-13(2)14(19)8-10-20(3)17(22)9-11-21-15-6-4-5-7-16(15)24-12-18(21)23/h4-7,13-14H,8-12,19H2,1-3H3. The van der Waals surface area contributed by atoms with Crippen molar-refractivity contribution in [3.05, 3.63) is 24.3 Å². The summed E-state index contributed by atoms with van der Waals surface area (Å²) < 4.78 is 5.41. The average Bonchev–Trinajstić information content (AvgIpc) is 2.58. The summed E-state index contributed by atoms with van der Waals surface area (Å²) in [6.07, 6.45) is 1.06. The van der Waals surface area contributed by atoms with Gasteiger partial charge in [0, 0.05) is 32.6 Å². The summed E-state index contributed by atoms with van der Waals surface area (Å²) in [6, 6.07) is 7.48. The van der Waals surface area contributed by atoms with E-state index in [2.05, 4.69) is 13.8 Å². The Balaban J connectivity index is 1.88. The van der Waals surface area contributed by atoms with Crippen molar-refractivity contribution >= 4 is 17.5 Å². The molecule has 0 radical (unpaired) electrons. The van der Waals surface area contributed by atoms with Gasteiger partial charge in [0.25, 0.3) is 5.91 Å². The quantitative estimate of drug-likeness (QED) is 0.823. The Hall–Kier alpha value is -2.08. The number of nitrogens with two attached hydrogens (primary N) is 1. The lowest BCUT2D eigenvalue weighted by Crippen LogP contribution is -2.41. The van der Waals surface area contributed by atoms with Gasteiger partial charge in [-0.25, -0.2) is 0 Å². The Morgan fingerprint density at radius 2 is 2.08 bits per heavy atom. The summed E-state index contributed by atoms with van der Waals surface area (Å²) in [5.74, 6) is 0.977. The van der Waals surface area contributed by atoms with Crippen LogP contribution in [-0.2, 0) is 9.59 Å². The summed E-state index contributed by atoms with van der Waals surface area (Å²) in [6.45, 7) is 5.16. The van der Waals surface area contributed by atoms with Crippen LogP contribution >= 0.6 is 0 Å². The molecule has 0 aromatic heterocycles. The molecule has 1 aliphatic heterocycles. The van der Waals surface area contributed by atoms with Crippen LogP contribution in [0.2, 0.25) is 0 Å². The second kappa shape index (κ2) is 8.15. The summed E-state index contributed by atoms with van der Waals surface area (Å²) >= 11 is 0. The minimum atomic E-state index is -0.119. The molecule has 1 heterocycles. The van der Waals surface area contributed by atoms with Crippen LogP contribution in [0.5, 0.6) is 5.75 Å². The van der Waals surface area contributed by atoms with Gasteiger partial charge in [0.15, 0.2) is 6.61 Å². The van der Waals surface area contributed by atoms with E-state index in [-0.39, 0.29) is 30.9 Å². The smallest absolute Gasteiger partial charge is 0.265 e. The van der Waals surface area contributed by atoms with Crippen LogP contribution in [0.25, 0.3) is 0 Å². The van der Waals surface area contributed by atoms with E-state index in [4.69, 9.17) is 10.5 Å². The average molecular weight is 333 g/mol. The monoisotopic (exact) mass is 333 g/mol. The molecule has 2 N–H and O–H groups in total. The molecular formula is C18H27N3O3. The number of ether oxygens (including phenoxy) is 1. The first-order valence-corrected chi connectivity index (χ1v) is 8.42. The van der Waals surface area contributed by atoms with Crippen molar-refractivity contribution in [1.82, 2.24) is 4.90 Å². The highest BCUT2D eigenvalue weighted by molar-refractivity contribution is 5.98. The molecule has 0 fully saturated rings. The number of hydrogen-bond donors (Lipinski definition) is 1. The third-order valence-electron chi connectivity index (χ3n) is 4.44. The lowest BCUT2D eigenvalue weighted by Gasteiger charge is -2.29. The summed E-state index contributed by atoms with van der Waals surface area (Å²) in [7, 11) is 1.78. The first-order valence-electron chi connectivity index (χ1n) is 8.42. The molecule has 2 amide bonds. The largest absolute Gasteiger partial charge is 0.482 e. The van der Waals surface area contributed by atoms with Crippen LogP contribution in [0.4, 0.5) is 5.69 Å². The molecule has 0 aliphatic carbocycles. The highest BCUT2D eigenvalue weighted by Crippen LogP contribution is 2.31. The Labute approximate surface area is 143 Å². The van der Waals surface area contributed by atoms with E-state index in [1.807, 2.05) is 24.3 Å². The fourth-order valence-corrected chi connectivity index (χ4v) is 2.60. The second-order valence-electron chi connectivity index (χ2n) is 6.56. The molecule has 1 aromatic carbocycles. The van der Waals surface area contributed by atoms with E-state index in [0.717, 1.165) is 12.1 Å². The Morgan fingerprint density at radius 1 is 1.38 bits per heavy atom. The Bertz CT molecular complexity index is 589. The number of anilines is 1. The second-order valence-corrected chi connectivity index (χ2v) is 6.56. The van der Waals surface area contributed by atoms with Crippen molar-refractivity contribution in [3.8, 4) is 5.75 Å². The maximum atomic E-state index is 12.3. The van der Waals surface area contributed by atoms with Crippen molar-refractivity contribution in [1.29, 1.82) is 0 Å². The highest BCUT2D eigenvalue weighted by atomic mass is 16.5. The van der Waals surface area contributed by atoms with Gasteiger partial charge in [-0.15, -0.1) is 0 Å². The fraction of sp³-hybridized carbons (Fsp3) is 0.556. The number of rotatable bonds is 7. The molecule has 0 spiro atoms. The van der Waals surface area contributed by atoms with Gasteiger partial charge < -0.3 is 20.3 Å². The molecule has 0 saturated heterocycles. The van der Waals surface area contributed by atoms with Crippen LogP contribution < -0.4 is 15.4 Å². The number of carbonyl (C=O) groups is 2. The lowest BCUT2D eigenvalue weighted by atomic mass is 10.0. The topological polar surface area (TPSA) is 75.9 Å². The van der Waals surface area contributed by atoms with E-state index in [1.54, 1.807) is 16.8 Å². The fourth-order valence-electron chi connectivity index (χ4n) is 2.60. The first kappa shape index (κ1) is 18.3. The summed E-state index contributed by atoms with van der Waals surface area (Å²) in [5.41, 5.74) is 6.75. The van der Waals surface area contributed by atoms with Crippen molar-refractivity contribution < 1.29 is 14.3 Å². The SMILES string of the molecule is CC(C)C(N)CCN(C)C(=O)CCN1C(=O)COc2ccccc21. The number of benzene rings is 1. The third-order valence-corrected chi connectivity index (χ3v) is 4.44. The van der Waals surface area contributed by atoms with Crippen LogP contribution in [0.15, 0.2) is 24.3 Å². The van der Waals surface area contributed by atoms with Gasteiger partial charge in [0.05, 0.1) is 5.69 Å². The number of hydrogen-bond acceptors (Lipinski definition) is 4. The number of nitrogens with zero attached hydrogens (tertiary/aromatic N) is 2. The molecule has 24 heavy (non-hydrogen) atoms. The molecule has 1 aliphatic rings. The third kappa shape index (κ3) is 4.47. The van der Waals surface area contributed by atoms with Gasteiger partial charge >= 0.3 is 0 Å². The predicted octanol–water partition coefficient (Wildman–Crippen LogP) is 1.63. The predicted molar refractivity (Wildman–Crippen MR) is 94.0 cm³/mol. The highest BCUT2D eigenvalue weighted by Gasteiger charge is 2.25. The number of fused-ring (bicyclic) bond motifs is 1. The molecule has 1 atom stereocenters. The normalized spacial score (nSPS) is 15.0. The van der Waals surface area contributed by atoms with E-state index in [1.165, 1.54) is 0 Å². The lowest BCUT2D eigenvalue weighted by molar-refractivity contribution is -0.129. The van der Waals surface area contributed by atoms with Crippen LogP contribution in [0.3, 0.4) is 0 Å². The molecule has 6 nitrogen and oxygen atoms in total. The van der Waals surface area contributed by atoms with Gasteiger partial charge in [-0.3, -0.25) is 9.59 Å². The Morgan fingerprint density at radius 3 is 2.79 bits per heavy atom.